The van der Waals surface area contributed by atoms with Crippen molar-refractivity contribution < 1.29 is 9.59 Å². The van der Waals surface area contributed by atoms with Gasteiger partial charge in [-0.05, 0) is 6.92 Å². The second-order valence-corrected chi connectivity index (χ2v) is 4.21. The summed E-state index contributed by atoms with van der Waals surface area (Å²) in [6.45, 7) is 3.27. The van der Waals surface area contributed by atoms with Crippen LogP contribution in [0.5, 0.6) is 0 Å². The van der Waals surface area contributed by atoms with Crippen LogP contribution in [0.4, 0.5) is 0 Å². The molecule has 2 heterocycles. The van der Waals surface area contributed by atoms with Gasteiger partial charge in [0.05, 0.1) is 12.2 Å². The topological polar surface area (TPSA) is 101 Å². The Kier molecular flexibility index (Phi) is 3.56. The van der Waals surface area contributed by atoms with Crippen molar-refractivity contribution in [1.29, 1.82) is 0 Å². The standard InChI is InChI=1S/C10H16N6O2/c1-6(9(17)11-2)13-10(18)8-5-16(15-14-8)7-3-12-4-7/h5-7,12H,3-4H2,1-2H3,(H,11,17)(H,13,18). The summed E-state index contributed by atoms with van der Waals surface area (Å²) in [5, 5.41) is 15.8. The van der Waals surface area contributed by atoms with Crippen molar-refractivity contribution >= 4 is 11.8 Å². The number of hydrogen-bond donors (Lipinski definition) is 3. The maximum absolute atomic E-state index is 11.8. The van der Waals surface area contributed by atoms with Crippen LogP contribution < -0.4 is 16.0 Å². The molecule has 8 nitrogen and oxygen atoms in total. The fraction of sp³-hybridized carbons (Fsp3) is 0.600. The predicted octanol–water partition coefficient (Wildman–Crippen LogP) is -1.71. The summed E-state index contributed by atoms with van der Waals surface area (Å²) in [5.41, 5.74) is 0.220. The van der Waals surface area contributed by atoms with Crippen LogP contribution in [0.25, 0.3) is 0 Å². The second kappa shape index (κ2) is 5.13. The van der Waals surface area contributed by atoms with Crippen molar-refractivity contribution in [3.63, 3.8) is 0 Å². The Balaban J connectivity index is 1.96. The first-order chi connectivity index (χ1) is 8.61. The van der Waals surface area contributed by atoms with Gasteiger partial charge in [-0.1, -0.05) is 5.21 Å². The number of nitrogens with zero attached hydrogens (tertiary/aromatic N) is 3. The van der Waals surface area contributed by atoms with Crippen LogP contribution in [0.15, 0.2) is 6.20 Å². The van der Waals surface area contributed by atoms with E-state index in [4.69, 9.17) is 0 Å². The molecule has 0 spiro atoms. The molecule has 98 valence electrons. The number of carbonyl (C=O) groups is 2. The molecule has 1 saturated heterocycles. The third-order valence-corrected chi connectivity index (χ3v) is 2.86. The Bertz CT molecular complexity index is 453. The van der Waals surface area contributed by atoms with Crippen molar-refractivity contribution in [3.8, 4) is 0 Å². The molecule has 1 aliphatic rings. The molecule has 0 saturated carbocycles. The van der Waals surface area contributed by atoms with Gasteiger partial charge in [-0.2, -0.15) is 0 Å². The molecule has 18 heavy (non-hydrogen) atoms. The highest BCUT2D eigenvalue weighted by Gasteiger charge is 2.22. The number of hydrogen-bond acceptors (Lipinski definition) is 5. The summed E-state index contributed by atoms with van der Waals surface area (Å²) >= 11 is 0. The van der Waals surface area contributed by atoms with E-state index < -0.39 is 11.9 Å². The molecule has 1 atom stereocenters. The van der Waals surface area contributed by atoms with Gasteiger partial charge in [0, 0.05) is 20.1 Å². The molecule has 0 bridgehead atoms. The van der Waals surface area contributed by atoms with Crippen molar-refractivity contribution in [2.75, 3.05) is 20.1 Å². The van der Waals surface area contributed by atoms with Crippen molar-refractivity contribution in [2.24, 2.45) is 0 Å². The van der Waals surface area contributed by atoms with Gasteiger partial charge in [0.2, 0.25) is 5.91 Å². The minimum atomic E-state index is -0.599. The van der Waals surface area contributed by atoms with E-state index in [0.29, 0.717) is 0 Å². The zero-order valence-corrected chi connectivity index (χ0v) is 10.3. The number of nitrogens with one attached hydrogen (secondary N) is 3. The number of aromatic nitrogens is 3. The summed E-state index contributed by atoms with van der Waals surface area (Å²) in [5.74, 6) is -0.649. The van der Waals surface area contributed by atoms with Gasteiger partial charge in [0.15, 0.2) is 5.69 Å². The van der Waals surface area contributed by atoms with Crippen LogP contribution >= 0.6 is 0 Å². The van der Waals surface area contributed by atoms with Gasteiger partial charge in [0.25, 0.3) is 5.91 Å². The highest BCUT2D eigenvalue weighted by Crippen LogP contribution is 2.09. The molecule has 2 amide bonds. The third-order valence-electron chi connectivity index (χ3n) is 2.86. The van der Waals surface area contributed by atoms with Gasteiger partial charge in [0.1, 0.15) is 6.04 Å². The molecule has 2 rings (SSSR count). The van der Waals surface area contributed by atoms with Crippen molar-refractivity contribution in [1.82, 2.24) is 30.9 Å². The molecule has 8 heteroatoms. The molecule has 1 unspecified atom stereocenters. The smallest absolute Gasteiger partial charge is 0.274 e. The Morgan fingerprint density at radius 2 is 2.28 bits per heavy atom. The van der Waals surface area contributed by atoms with E-state index in [1.165, 1.54) is 7.05 Å². The summed E-state index contributed by atoms with van der Waals surface area (Å²) in [6, 6.07) is -0.339. The Morgan fingerprint density at radius 3 is 2.83 bits per heavy atom. The van der Waals surface area contributed by atoms with E-state index in [-0.39, 0.29) is 17.6 Å². The number of amides is 2. The average molecular weight is 252 g/mol. The second-order valence-electron chi connectivity index (χ2n) is 4.21. The van der Waals surface area contributed by atoms with Crippen molar-refractivity contribution in [2.45, 2.75) is 19.0 Å². The average Bonchev–Trinajstić information content (AvgIpc) is 2.74. The molecule has 3 N–H and O–H groups in total. The van der Waals surface area contributed by atoms with Crippen LogP contribution in [0, 0.1) is 0 Å². The lowest BCUT2D eigenvalue weighted by atomic mass is 10.2. The molecule has 1 aromatic rings. The van der Waals surface area contributed by atoms with E-state index >= 15 is 0 Å². The monoisotopic (exact) mass is 252 g/mol. The highest BCUT2D eigenvalue weighted by molar-refractivity contribution is 5.95. The summed E-state index contributed by atoms with van der Waals surface area (Å²) in [7, 11) is 1.52. The van der Waals surface area contributed by atoms with E-state index in [0.717, 1.165) is 13.1 Å². The van der Waals surface area contributed by atoms with Crippen LogP contribution in [-0.4, -0.2) is 53.0 Å². The summed E-state index contributed by atoms with van der Waals surface area (Å²) in [6.07, 6.45) is 1.59. The summed E-state index contributed by atoms with van der Waals surface area (Å²) < 4.78 is 1.66. The normalized spacial score (nSPS) is 16.8. The van der Waals surface area contributed by atoms with E-state index in [2.05, 4.69) is 26.3 Å². The fourth-order valence-corrected chi connectivity index (χ4v) is 1.57. The Morgan fingerprint density at radius 1 is 1.56 bits per heavy atom. The number of likely N-dealkylation sites (N-methyl/N-ethyl adjacent to an activating group) is 1. The molecule has 0 aliphatic carbocycles. The quantitative estimate of drug-likeness (QED) is 0.592. The Hall–Kier alpha value is -1.96. The van der Waals surface area contributed by atoms with E-state index in [1.54, 1.807) is 17.8 Å². The first-order valence-electron chi connectivity index (χ1n) is 5.77. The molecule has 1 aliphatic heterocycles. The van der Waals surface area contributed by atoms with Crippen LogP contribution in [-0.2, 0) is 4.79 Å². The SMILES string of the molecule is CNC(=O)C(C)NC(=O)c1cn(C2CNC2)nn1. The lowest BCUT2D eigenvalue weighted by Gasteiger charge is -2.26. The molecular formula is C10H16N6O2. The number of rotatable bonds is 4. The maximum Gasteiger partial charge on any atom is 0.274 e. The lowest BCUT2D eigenvalue weighted by molar-refractivity contribution is -0.122. The fourth-order valence-electron chi connectivity index (χ4n) is 1.57. The largest absolute Gasteiger partial charge is 0.357 e. The molecule has 0 radical (unpaired) electrons. The Labute approximate surface area is 104 Å². The van der Waals surface area contributed by atoms with Crippen LogP contribution in [0.2, 0.25) is 0 Å². The first kappa shape index (κ1) is 12.5. The van der Waals surface area contributed by atoms with Gasteiger partial charge >= 0.3 is 0 Å². The highest BCUT2D eigenvalue weighted by atomic mass is 16.2. The zero-order chi connectivity index (χ0) is 13.1. The first-order valence-corrected chi connectivity index (χ1v) is 5.77. The van der Waals surface area contributed by atoms with Crippen LogP contribution in [0.1, 0.15) is 23.5 Å². The minimum Gasteiger partial charge on any atom is -0.357 e. The van der Waals surface area contributed by atoms with E-state index in [1.807, 2.05) is 0 Å². The van der Waals surface area contributed by atoms with Gasteiger partial charge in [-0.15, -0.1) is 5.10 Å². The van der Waals surface area contributed by atoms with Gasteiger partial charge < -0.3 is 16.0 Å². The molecular weight excluding hydrogens is 236 g/mol. The maximum atomic E-state index is 11.8. The minimum absolute atomic E-state index is 0.220. The summed E-state index contributed by atoms with van der Waals surface area (Å²) in [4.78, 5) is 23.1. The zero-order valence-electron chi connectivity index (χ0n) is 10.3. The number of carbonyl (C=O) groups excluding carboxylic acids is 2. The predicted molar refractivity (Wildman–Crippen MR) is 62.9 cm³/mol. The van der Waals surface area contributed by atoms with Gasteiger partial charge in [-0.25, -0.2) is 4.68 Å². The van der Waals surface area contributed by atoms with Gasteiger partial charge in [-0.3, -0.25) is 9.59 Å². The molecule has 1 aromatic heterocycles. The van der Waals surface area contributed by atoms with Crippen molar-refractivity contribution in [3.05, 3.63) is 11.9 Å². The third kappa shape index (κ3) is 2.48. The molecule has 0 aromatic carbocycles. The van der Waals surface area contributed by atoms with Crippen LogP contribution in [0.3, 0.4) is 0 Å². The lowest BCUT2D eigenvalue weighted by Crippen LogP contribution is -2.44. The van der Waals surface area contributed by atoms with E-state index in [9.17, 15) is 9.59 Å². The molecule has 1 fully saturated rings.